The first-order chi connectivity index (χ1) is 9.02. The lowest BCUT2D eigenvalue weighted by Gasteiger charge is -2.28. The first-order valence-electron chi connectivity index (χ1n) is 6.08. The number of Topliss-reactive ketones (excluding diaryl/α,β-unsaturated/α-hetero) is 1. The Labute approximate surface area is 116 Å². The van der Waals surface area contributed by atoms with Crippen LogP contribution >= 0.6 is 11.3 Å². The van der Waals surface area contributed by atoms with Crippen LogP contribution in [0.5, 0.6) is 0 Å². The van der Waals surface area contributed by atoms with Crippen molar-refractivity contribution in [2.75, 3.05) is 11.9 Å². The van der Waals surface area contributed by atoms with Gasteiger partial charge in [0, 0.05) is 17.5 Å². The highest BCUT2D eigenvalue weighted by Gasteiger charge is 2.21. The minimum absolute atomic E-state index is 0.0231. The van der Waals surface area contributed by atoms with E-state index in [0.29, 0.717) is 11.3 Å². The molecular formula is C15H16FNOS. The third kappa shape index (κ3) is 2.68. The van der Waals surface area contributed by atoms with E-state index in [4.69, 9.17) is 0 Å². The van der Waals surface area contributed by atoms with Crippen molar-refractivity contribution in [3.63, 3.8) is 0 Å². The Kier molecular flexibility index (Phi) is 4.00. The highest BCUT2D eigenvalue weighted by Crippen LogP contribution is 2.32. The predicted octanol–water partition coefficient (Wildman–Crippen LogP) is 4.29. The Bertz CT molecular complexity index is 580. The number of carbonyl (C=O) groups excluding carboxylic acids is 1. The largest absolute Gasteiger partial charge is 0.364 e. The summed E-state index contributed by atoms with van der Waals surface area (Å²) in [4.78, 5) is 14.6. The van der Waals surface area contributed by atoms with E-state index in [9.17, 15) is 9.18 Å². The van der Waals surface area contributed by atoms with Crippen molar-refractivity contribution in [1.29, 1.82) is 0 Å². The van der Waals surface area contributed by atoms with Crippen LogP contribution in [0.25, 0.3) is 0 Å². The maximum atomic E-state index is 14.1. The van der Waals surface area contributed by atoms with Gasteiger partial charge in [0.15, 0.2) is 5.78 Å². The predicted molar refractivity (Wildman–Crippen MR) is 77.5 cm³/mol. The molecule has 1 aromatic carbocycles. The monoisotopic (exact) mass is 277 g/mol. The maximum absolute atomic E-state index is 14.1. The summed E-state index contributed by atoms with van der Waals surface area (Å²) >= 11 is 1.63. The average Bonchev–Trinajstić information content (AvgIpc) is 2.90. The van der Waals surface area contributed by atoms with E-state index in [1.165, 1.54) is 13.0 Å². The summed E-state index contributed by atoms with van der Waals surface area (Å²) in [5.41, 5.74) is 0.793. The summed E-state index contributed by atoms with van der Waals surface area (Å²) in [6.07, 6.45) is 0. The smallest absolute Gasteiger partial charge is 0.161 e. The molecule has 0 radical (unpaired) electrons. The van der Waals surface area contributed by atoms with Crippen LogP contribution in [0.3, 0.4) is 0 Å². The molecule has 0 N–H and O–H groups in total. The highest BCUT2D eigenvalue weighted by atomic mass is 32.1. The second kappa shape index (κ2) is 5.53. The number of benzene rings is 1. The number of rotatable bonds is 4. The van der Waals surface area contributed by atoms with Crippen LogP contribution in [0, 0.1) is 5.82 Å². The molecule has 0 amide bonds. The Morgan fingerprint density at radius 2 is 2.05 bits per heavy atom. The molecule has 0 aliphatic heterocycles. The molecule has 0 fully saturated rings. The molecule has 0 aliphatic carbocycles. The molecule has 1 heterocycles. The molecule has 2 aromatic rings. The zero-order valence-corrected chi connectivity index (χ0v) is 12.0. The number of para-hydroxylation sites is 1. The molecule has 0 saturated heterocycles. The summed E-state index contributed by atoms with van der Waals surface area (Å²) < 4.78 is 14.1. The van der Waals surface area contributed by atoms with Gasteiger partial charge in [0.1, 0.15) is 5.82 Å². The molecule has 0 saturated carbocycles. The van der Waals surface area contributed by atoms with Crippen molar-refractivity contribution in [3.8, 4) is 0 Å². The molecule has 2 nitrogen and oxygen atoms in total. The standard InChI is InChI=1S/C15H16FNOS/c1-10(14-8-5-9-19-14)17(3)15-12(11(2)18)6-4-7-13(15)16/h4-10H,1-3H3. The SMILES string of the molecule is CC(=O)c1cccc(F)c1N(C)C(C)c1cccs1. The average molecular weight is 277 g/mol. The molecule has 0 aliphatic rings. The topological polar surface area (TPSA) is 20.3 Å². The van der Waals surface area contributed by atoms with E-state index >= 15 is 0 Å². The summed E-state index contributed by atoms with van der Waals surface area (Å²) in [6, 6.07) is 8.63. The zero-order chi connectivity index (χ0) is 14.0. The summed E-state index contributed by atoms with van der Waals surface area (Å²) in [6.45, 7) is 3.46. The van der Waals surface area contributed by atoms with Crippen LogP contribution in [0.2, 0.25) is 0 Å². The van der Waals surface area contributed by atoms with Gasteiger partial charge in [-0.05, 0) is 37.4 Å². The van der Waals surface area contributed by atoms with Gasteiger partial charge >= 0.3 is 0 Å². The Balaban J connectivity index is 2.44. The molecule has 0 bridgehead atoms. The van der Waals surface area contributed by atoms with E-state index in [-0.39, 0.29) is 17.6 Å². The van der Waals surface area contributed by atoms with E-state index in [2.05, 4.69) is 0 Å². The van der Waals surface area contributed by atoms with E-state index in [0.717, 1.165) is 4.88 Å². The van der Waals surface area contributed by atoms with Crippen LogP contribution in [-0.2, 0) is 0 Å². The second-order valence-electron chi connectivity index (χ2n) is 4.49. The van der Waals surface area contributed by atoms with Gasteiger partial charge in [-0.15, -0.1) is 11.3 Å². The molecular weight excluding hydrogens is 261 g/mol. The van der Waals surface area contributed by atoms with Gasteiger partial charge < -0.3 is 4.90 Å². The minimum Gasteiger partial charge on any atom is -0.364 e. The molecule has 100 valence electrons. The number of nitrogens with zero attached hydrogens (tertiary/aromatic N) is 1. The van der Waals surface area contributed by atoms with Crippen LogP contribution in [0.4, 0.5) is 10.1 Å². The summed E-state index contributed by atoms with van der Waals surface area (Å²) in [5.74, 6) is -0.488. The lowest BCUT2D eigenvalue weighted by Crippen LogP contribution is -2.24. The number of hydrogen-bond donors (Lipinski definition) is 0. The number of anilines is 1. The Morgan fingerprint density at radius 1 is 1.32 bits per heavy atom. The van der Waals surface area contributed by atoms with E-state index in [1.54, 1.807) is 23.5 Å². The Hall–Kier alpha value is -1.68. The van der Waals surface area contributed by atoms with Crippen LogP contribution < -0.4 is 4.90 Å². The number of hydrogen-bond acceptors (Lipinski definition) is 3. The number of thiophene rings is 1. The van der Waals surface area contributed by atoms with Gasteiger partial charge in [0.25, 0.3) is 0 Å². The first-order valence-corrected chi connectivity index (χ1v) is 6.96. The van der Waals surface area contributed by atoms with Crippen molar-refractivity contribution in [3.05, 3.63) is 52.0 Å². The van der Waals surface area contributed by atoms with Crippen molar-refractivity contribution < 1.29 is 9.18 Å². The molecule has 19 heavy (non-hydrogen) atoms. The lowest BCUT2D eigenvalue weighted by molar-refractivity contribution is 0.101. The molecule has 1 atom stereocenters. The molecule has 4 heteroatoms. The Morgan fingerprint density at radius 3 is 2.63 bits per heavy atom. The maximum Gasteiger partial charge on any atom is 0.161 e. The van der Waals surface area contributed by atoms with Gasteiger partial charge in [-0.3, -0.25) is 4.79 Å². The lowest BCUT2D eigenvalue weighted by atomic mass is 10.1. The number of ketones is 1. The quantitative estimate of drug-likeness (QED) is 0.777. The summed E-state index contributed by atoms with van der Waals surface area (Å²) in [5, 5.41) is 1.99. The second-order valence-corrected chi connectivity index (χ2v) is 5.47. The van der Waals surface area contributed by atoms with E-state index in [1.807, 2.05) is 36.4 Å². The van der Waals surface area contributed by atoms with Crippen molar-refractivity contribution in [2.45, 2.75) is 19.9 Å². The first kappa shape index (κ1) is 13.7. The minimum atomic E-state index is -0.362. The third-order valence-corrected chi connectivity index (χ3v) is 4.30. The fourth-order valence-corrected chi connectivity index (χ4v) is 2.90. The van der Waals surface area contributed by atoms with Gasteiger partial charge in [0.2, 0.25) is 0 Å². The normalized spacial score (nSPS) is 12.2. The highest BCUT2D eigenvalue weighted by molar-refractivity contribution is 7.10. The van der Waals surface area contributed by atoms with Crippen molar-refractivity contribution >= 4 is 22.8 Å². The third-order valence-electron chi connectivity index (χ3n) is 3.25. The van der Waals surface area contributed by atoms with Gasteiger partial charge in [-0.25, -0.2) is 4.39 Å². The molecule has 2 rings (SSSR count). The van der Waals surface area contributed by atoms with Crippen molar-refractivity contribution in [2.24, 2.45) is 0 Å². The van der Waals surface area contributed by atoms with Crippen LogP contribution in [0.15, 0.2) is 35.7 Å². The fraction of sp³-hybridized carbons (Fsp3) is 0.267. The van der Waals surface area contributed by atoms with Gasteiger partial charge in [-0.1, -0.05) is 12.1 Å². The van der Waals surface area contributed by atoms with Crippen LogP contribution in [0.1, 0.15) is 35.1 Å². The van der Waals surface area contributed by atoms with E-state index < -0.39 is 0 Å². The number of halogens is 1. The van der Waals surface area contributed by atoms with Crippen LogP contribution in [-0.4, -0.2) is 12.8 Å². The summed E-state index contributed by atoms with van der Waals surface area (Å²) in [7, 11) is 1.81. The zero-order valence-electron chi connectivity index (χ0n) is 11.2. The molecule has 0 spiro atoms. The van der Waals surface area contributed by atoms with Gasteiger partial charge in [0.05, 0.1) is 11.7 Å². The van der Waals surface area contributed by atoms with Crippen molar-refractivity contribution in [1.82, 2.24) is 0 Å². The fourth-order valence-electron chi connectivity index (χ4n) is 2.07. The molecule has 1 aromatic heterocycles. The molecule has 1 unspecified atom stereocenters. The van der Waals surface area contributed by atoms with Gasteiger partial charge in [-0.2, -0.15) is 0 Å². The number of carbonyl (C=O) groups is 1.